The second-order valence-electron chi connectivity index (χ2n) is 5.22. The molecule has 2 rings (SSSR count). The van der Waals surface area contributed by atoms with Crippen LogP contribution in [-0.2, 0) is 0 Å². The van der Waals surface area contributed by atoms with E-state index in [1.165, 1.54) is 32.1 Å². The molecule has 0 saturated heterocycles. The first kappa shape index (κ1) is 12.9. The third-order valence-electron chi connectivity index (χ3n) is 3.53. The van der Waals surface area contributed by atoms with Gasteiger partial charge in [0, 0.05) is 25.8 Å². The van der Waals surface area contributed by atoms with E-state index in [1.807, 2.05) is 24.3 Å². The lowest BCUT2D eigenvalue weighted by molar-refractivity contribution is 0.0828. The Hall–Kier alpha value is -1.51. The summed E-state index contributed by atoms with van der Waals surface area (Å²) >= 11 is 0. The van der Waals surface area contributed by atoms with Gasteiger partial charge in [-0.15, -0.1) is 0 Å². The highest BCUT2D eigenvalue weighted by atomic mass is 16.2. The Kier molecular flexibility index (Phi) is 4.24. The van der Waals surface area contributed by atoms with Crippen LogP contribution >= 0.6 is 0 Å². The summed E-state index contributed by atoms with van der Waals surface area (Å²) in [4.78, 5) is 13.7. The number of nitrogens with one attached hydrogen (secondary N) is 1. The number of rotatable bonds is 3. The van der Waals surface area contributed by atoms with Gasteiger partial charge in [-0.3, -0.25) is 4.79 Å². The number of benzene rings is 1. The van der Waals surface area contributed by atoms with Crippen molar-refractivity contribution in [1.29, 1.82) is 0 Å². The van der Waals surface area contributed by atoms with Gasteiger partial charge in [-0.2, -0.15) is 0 Å². The Bertz CT molecular complexity index is 409. The Labute approximate surface area is 109 Å². The molecule has 3 nitrogen and oxygen atoms in total. The summed E-state index contributed by atoms with van der Waals surface area (Å²) in [6.45, 7) is 0. The van der Waals surface area contributed by atoms with Crippen molar-refractivity contribution in [2.24, 2.45) is 0 Å². The lowest BCUT2D eigenvalue weighted by Gasteiger charge is -2.25. The fourth-order valence-electron chi connectivity index (χ4n) is 2.50. The predicted molar refractivity (Wildman–Crippen MR) is 75.0 cm³/mol. The molecule has 1 aromatic rings. The van der Waals surface area contributed by atoms with E-state index in [2.05, 4.69) is 5.32 Å². The van der Waals surface area contributed by atoms with Crippen molar-refractivity contribution in [2.75, 3.05) is 19.4 Å². The summed E-state index contributed by atoms with van der Waals surface area (Å²) in [5.41, 5.74) is 1.75. The number of amides is 1. The van der Waals surface area contributed by atoms with Gasteiger partial charge < -0.3 is 10.2 Å². The highest BCUT2D eigenvalue weighted by molar-refractivity contribution is 5.99. The van der Waals surface area contributed by atoms with Crippen LogP contribution in [0, 0.1) is 0 Å². The molecular formula is C15H22N2O. The molecule has 0 aliphatic heterocycles. The molecule has 0 atom stereocenters. The Morgan fingerprint density at radius 3 is 2.50 bits per heavy atom. The van der Waals surface area contributed by atoms with Gasteiger partial charge in [0.2, 0.25) is 0 Å². The summed E-state index contributed by atoms with van der Waals surface area (Å²) in [6, 6.07) is 8.33. The van der Waals surface area contributed by atoms with Crippen LogP contribution in [0.4, 0.5) is 5.69 Å². The van der Waals surface area contributed by atoms with Crippen LogP contribution in [0.25, 0.3) is 0 Å². The summed E-state index contributed by atoms with van der Waals surface area (Å²) in [7, 11) is 3.58. The van der Waals surface area contributed by atoms with E-state index >= 15 is 0 Å². The Morgan fingerprint density at radius 1 is 1.17 bits per heavy atom. The number of anilines is 1. The van der Waals surface area contributed by atoms with E-state index in [0.717, 1.165) is 11.3 Å². The molecule has 98 valence electrons. The second-order valence-corrected chi connectivity index (χ2v) is 5.22. The molecule has 1 N–H and O–H groups in total. The normalized spacial score (nSPS) is 16.3. The molecule has 1 fully saturated rings. The molecule has 3 heteroatoms. The standard InChI is InChI=1S/C15H22N2O/c1-17(2)15(18)13-10-6-7-11-14(13)16-12-8-4-3-5-9-12/h6-7,10-12,16H,3-5,8-9H2,1-2H3. The highest BCUT2D eigenvalue weighted by Crippen LogP contribution is 2.24. The van der Waals surface area contributed by atoms with Crippen LogP contribution in [0.3, 0.4) is 0 Å². The maximum atomic E-state index is 12.1. The van der Waals surface area contributed by atoms with Crippen LogP contribution in [0.15, 0.2) is 24.3 Å². The summed E-state index contributed by atoms with van der Waals surface area (Å²) in [6.07, 6.45) is 6.36. The molecule has 0 bridgehead atoms. The van der Waals surface area contributed by atoms with Crippen LogP contribution in [-0.4, -0.2) is 30.9 Å². The predicted octanol–water partition coefficient (Wildman–Crippen LogP) is 3.13. The van der Waals surface area contributed by atoms with Gasteiger partial charge in [0.15, 0.2) is 0 Å². The fourth-order valence-corrected chi connectivity index (χ4v) is 2.50. The van der Waals surface area contributed by atoms with E-state index in [-0.39, 0.29) is 5.91 Å². The summed E-state index contributed by atoms with van der Waals surface area (Å²) in [5, 5.41) is 3.54. The SMILES string of the molecule is CN(C)C(=O)c1ccccc1NC1CCCCC1. The lowest BCUT2D eigenvalue weighted by Crippen LogP contribution is -2.26. The minimum atomic E-state index is 0.0638. The zero-order valence-corrected chi connectivity index (χ0v) is 11.3. The number of nitrogens with zero attached hydrogens (tertiary/aromatic N) is 1. The van der Waals surface area contributed by atoms with Crippen LogP contribution in [0.5, 0.6) is 0 Å². The zero-order chi connectivity index (χ0) is 13.0. The van der Waals surface area contributed by atoms with Gasteiger partial charge in [-0.05, 0) is 25.0 Å². The summed E-state index contributed by atoms with van der Waals surface area (Å²) in [5.74, 6) is 0.0638. The lowest BCUT2D eigenvalue weighted by atomic mass is 9.95. The number of carbonyl (C=O) groups excluding carboxylic acids is 1. The molecule has 1 amide bonds. The second kappa shape index (κ2) is 5.89. The van der Waals surface area contributed by atoms with Gasteiger partial charge in [0.1, 0.15) is 0 Å². The summed E-state index contributed by atoms with van der Waals surface area (Å²) < 4.78 is 0. The van der Waals surface area contributed by atoms with Crippen LogP contribution in [0.2, 0.25) is 0 Å². The first-order valence-electron chi connectivity index (χ1n) is 6.75. The minimum absolute atomic E-state index is 0.0638. The Balaban J connectivity index is 2.14. The van der Waals surface area contributed by atoms with Crippen LogP contribution in [0.1, 0.15) is 42.5 Å². The maximum absolute atomic E-state index is 12.1. The highest BCUT2D eigenvalue weighted by Gasteiger charge is 2.17. The molecule has 0 radical (unpaired) electrons. The molecule has 0 aromatic heterocycles. The molecule has 1 aliphatic carbocycles. The number of hydrogen-bond acceptors (Lipinski definition) is 2. The fraction of sp³-hybridized carbons (Fsp3) is 0.533. The van der Waals surface area contributed by atoms with Crippen molar-refractivity contribution >= 4 is 11.6 Å². The molecule has 18 heavy (non-hydrogen) atoms. The molecule has 1 saturated carbocycles. The molecule has 0 heterocycles. The van der Waals surface area contributed by atoms with E-state index in [4.69, 9.17) is 0 Å². The van der Waals surface area contributed by atoms with Crippen molar-refractivity contribution in [2.45, 2.75) is 38.1 Å². The average Bonchev–Trinajstić information content (AvgIpc) is 2.39. The molecule has 1 aromatic carbocycles. The maximum Gasteiger partial charge on any atom is 0.255 e. The molecule has 1 aliphatic rings. The zero-order valence-electron chi connectivity index (χ0n) is 11.3. The van der Waals surface area contributed by atoms with Gasteiger partial charge in [-0.25, -0.2) is 0 Å². The van der Waals surface area contributed by atoms with E-state index < -0.39 is 0 Å². The number of carbonyl (C=O) groups is 1. The van der Waals surface area contributed by atoms with Gasteiger partial charge in [-0.1, -0.05) is 31.4 Å². The first-order chi connectivity index (χ1) is 8.68. The monoisotopic (exact) mass is 246 g/mol. The molecule has 0 unspecified atom stereocenters. The minimum Gasteiger partial charge on any atom is -0.382 e. The van der Waals surface area contributed by atoms with E-state index in [9.17, 15) is 4.79 Å². The van der Waals surface area contributed by atoms with Crippen molar-refractivity contribution in [3.8, 4) is 0 Å². The van der Waals surface area contributed by atoms with Crippen molar-refractivity contribution < 1.29 is 4.79 Å². The van der Waals surface area contributed by atoms with Crippen LogP contribution < -0.4 is 5.32 Å². The largest absolute Gasteiger partial charge is 0.382 e. The Morgan fingerprint density at radius 2 is 1.83 bits per heavy atom. The van der Waals surface area contributed by atoms with Gasteiger partial charge in [0.05, 0.1) is 5.56 Å². The van der Waals surface area contributed by atoms with Gasteiger partial charge in [0.25, 0.3) is 5.91 Å². The molecular weight excluding hydrogens is 224 g/mol. The van der Waals surface area contributed by atoms with Crippen molar-refractivity contribution in [1.82, 2.24) is 4.90 Å². The number of para-hydroxylation sites is 1. The first-order valence-corrected chi connectivity index (χ1v) is 6.75. The molecule has 0 spiro atoms. The van der Waals surface area contributed by atoms with E-state index in [1.54, 1.807) is 19.0 Å². The third kappa shape index (κ3) is 3.03. The quantitative estimate of drug-likeness (QED) is 0.888. The third-order valence-corrected chi connectivity index (χ3v) is 3.53. The topological polar surface area (TPSA) is 32.3 Å². The van der Waals surface area contributed by atoms with Crippen molar-refractivity contribution in [3.05, 3.63) is 29.8 Å². The smallest absolute Gasteiger partial charge is 0.255 e. The van der Waals surface area contributed by atoms with Gasteiger partial charge >= 0.3 is 0 Å². The van der Waals surface area contributed by atoms with Crippen molar-refractivity contribution in [3.63, 3.8) is 0 Å². The average molecular weight is 246 g/mol. The van der Waals surface area contributed by atoms with E-state index in [0.29, 0.717) is 6.04 Å². The number of hydrogen-bond donors (Lipinski definition) is 1.